The molecule has 2 N–H and O–H groups in total. The number of hydrogen-bond acceptors (Lipinski definition) is 5. The van der Waals surface area contributed by atoms with E-state index in [1.807, 2.05) is 53.2 Å². The average Bonchev–Trinajstić information content (AvgIpc) is 3.29. The molecule has 8 heteroatoms. The first-order valence-electron chi connectivity index (χ1n) is 13.1. The van der Waals surface area contributed by atoms with Crippen LogP contribution in [0.5, 0.6) is 11.5 Å². The van der Waals surface area contributed by atoms with E-state index in [0.29, 0.717) is 42.8 Å². The molecule has 0 spiro atoms. The number of carbonyl (C=O) groups excluding carboxylic acids is 2. The molecule has 0 aliphatic heterocycles. The molecule has 0 saturated heterocycles. The van der Waals surface area contributed by atoms with Crippen LogP contribution in [0.15, 0.2) is 54.6 Å². The number of nitrogens with one attached hydrogen (secondary N) is 2. The summed E-state index contributed by atoms with van der Waals surface area (Å²) >= 11 is 0. The Morgan fingerprint density at radius 1 is 0.921 bits per heavy atom. The smallest absolute Gasteiger partial charge is 0.272 e. The van der Waals surface area contributed by atoms with Crippen molar-refractivity contribution < 1.29 is 19.1 Å². The summed E-state index contributed by atoms with van der Waals surface area (Å²) in [4.78, 5) is 26.1. The van der Waals surface area contributed by atoms with E-state index in [-0.39, 0.29) is 30.0 Å². The summed E-state index contributed by atoms with van der Waals surface area (Å²) < 4.78 is 13.0. The third-order valence-corrected chi connectivity index (χ3v) is 6.09. The largest absolute Gasteiger partial charge is 0.496 e. The van der Waals surface area contributed by atoms with Crippen LogP contribution in [0.3, 0.4) is 0 Å². The topological polar surface area (TPSA) is 94.5 Å². The SMILES string of the molecule is COc1cccc(OC)c1-c1cc(C(=O)N[C@H](CC(=O)NCc2ccccc2)CC(C)C)nn1CC(C)C. The second kappa shape index (κ2) is 13.7. The number of hydrogen-bond donors (Lipinski definition) is 2. The Bertz CT molecular complexity index is 1180. The first-order chi connectivity index (χ1) is 18.2. The minimum Gasteiger partial charge on any atom is -0.496 e. The van der Waals surface area contributed by atoms with Gasteiger partial charge in [-0.1, -0.05) is 64.1 Å². The van der Waals surface area contributed by atoms with Crippen molar-refractivity contribution in [2.45, 2.75) is 59.7 Å². The number of methoxy groups -OCH3 is 2. The number of benzene rings is 2. The summed E-state index contributed by atoms with van der Waals surface area (Å²) in [6.45, 7) is 9.40. The Balaban J connectivity index is 1.82. The Morgan fingerprint density at radius 2 is 1.58 bits per heavy atom. The molecule has 0 saturated carbocycles. The van der Waals surface area contributed by atoms with Crippen LogP contribution < -0.4 is 20.1 Å². The third kappa shape index (κ3) is 7.84. The van der Waals surface area contributed by atoms with Crippen molar-refractivity contribution in [1.82, 2.24) is 20.4 Å². The number of amides is 2. The van der Waals surface area contributed by atoms with Gasteiger partial charge >= 0.3 is 0 Å². The molecular formula is C30H40N4O4. The molecule has 0 unspecified atom stereocenters. The van der Waals surface area contributed by atoms with Gasteiger partial charge < -0.3 is 20.1 Å². The average molecular weight is 521 g/mol. The normalized spacial score (nSPS) is 11.9. The number of ether oxygens (including phenoxy) is 2. The van der Waals surface area contributed by atoms with Crippen LogP contribution in [0.2, 0.25) is 0 Å². The molecule has 0 aliphatic carbocycles. The fourth-order valence-electron chi connectivity index (χ4n) is 4.43. The van der Waals surface area contributed by atoms with Crippen molar-refractivity contribution in [3.8, 4) is 22.8 Å². The van der Waals surface area contributed by atoms with Crippen molar-refractivity contribution in [2.24, 2.45) is 11.8 Å². The number of aromatic nitrogens is 2. The van der Waals surface area contributed by atoms with Gasteiger partial charge in [0.15, 0.2) is 5.69 Å². The van der Waals surface area contributed by atoms with Gasteiger partial charge in [-0.3, -0.25) is 14.3 Å². The fourth-order valence-corrected chi connectivity index (χ4v) is 4.43. The first kappa shape index (κ1) is 28.8. The van der Waals surface area contributed by atoms with Crippen molar-refractivity contribution in [3.63, 3.8) is 0 Å². The Hall–Kier alpha value is -3.81. The molecule has 3 rings (SSSR count). The molecule has 0 fully saturated rings. The highest BCUT2D eigenvalue weighted by Crippen LogP contribution is 2.38. The van der Waals surface area contributed by atoms with E-state index in [1.54, 1.807) is 20.3 Å². The second-order valence-electron chi connectivity index (χ2n) is 10.3. The van der Waals surface area contributed by atoms with Gasteiger partial charge in [0.25, 0.3) is 5.91 Å². The van der Waals surface area contributed by atoms with E-state index in [1.165, 1.54) is 0 Å². The highest BCUT2D eigenvalue weighted by Gasteiger charge is 2.24. The number of nitrogens with zero attached hydrogens (tertiary/aromatic N) is 2. The van der Waals surface area contributed by atoms with Crippen LogP contribution in [-0.2, 0) is 17.9 Å². The van der Waals surface area contributed by atoms with Crippen molar-refractivity contribution in [2.75, 3.05) is 14.2 Å². The summed E-state index contributed by atoms with van der Waals surface area (Å²) in [5, 5.41) is 10.7. The minimum absolute atomic E-state index is 0.107. The van der Waals surface area contributed by atoms with Gasteiger partial charge in [-0.15, -0.1) is 0 Å². The van der Waals surface area contributed by atoms with Crippen LogP contribution in [-0.4, -0.2) is 41.9 Å². The Morgan fingerprint density at radius 3 is 2.16 bits per heavy atom. The van der Waals surface area contributed by atoms with Crippen molar-refractivity contribution in [1.29, 1.82) is 0 Å². The minimum atomic E-state index is -0.322. The second-order valence-corrected chi connectivity index (χ2v) is 10.3. The molecule has 1 aromatic heterocycles. The van der Waals surface area contributed by atoms with Gasteiger partial charge in [0.1, 0.15) is 11.5 Å². The van der Waals surface area contributed by atoms with Crippen LogP contribution in [0.4, 0.5) is 0 Å². The van der Waals surface area contributed by atoms with E-state index in [4.69, 9.17) is 9.47 Å². The molecule has 1 heterocycles. The quantitative estimate of drug-likeness (QED) is 0.328. The lowest BCUT2D eigenvalue weighted by atomic mass is 10.0. The van der Waals surface area contributed by atoms with Crippen LogP contribution >= 0.6 is 0 Å². The maximum absolute atomic E-state index is 13.4. The van der Waals surface area contributed by atoms with Gasteiger partial charge in [0.05, 0.1) is 25.5 Å². The van der Waals surface area contributed by atoms with Crippen LogP contribution in [0, 0.1) is 11.8 Å². The summed E-state index contributed by atoms with van der Waals surface area (Å²) in [5.41, 5.74) is 2.79. The van der Waals surface area contributed by atoms with Gasteiger partial charge in [-0.25, -0.2) is 0 Å². The lowest BCUT2D eigenvalue weighted by Crippen LogP contribution is -2.40. The van der Waals surface area contributed by atoms with Crippen molar-refractivity contribution in [3.05, 3.63) is 65.9 Å². The zero-order valence-electron chi connectivity index (χ0n) is 23.3. The Kier molecular flexibility index (Phi) is 10.3. The third-order valence-electron chi connectivity index (χ3n) is 6.09. The summed E-state index contributed by atoms with van der Waals surface area (Å²) in [6.07, 6.45) is 0.862. The van der Waals surface area contributed by atoms with Gasteiger partial charge in [-0.05, 0) is 42.0 Å². The molecule has 0 bridgehead atoms. The van der Waals surface area contributed by atoms with E-state index in [2.05, 4.69) is 43.4 Å². The van der Waals surface area contributed by atoms with E-state index in [0.717, 1.165) is 16.8 Å². The number of rotatable bonds is 13. The molecule has 8 nitrogen and oxygen atoms in total. The predicted octanol–water partition coefficient (Wildman–Crippen LogP) is 5.07. The highest BCUT2D eigenvalue weighted by atomic mass is 16.5. The molecule has 2 aromatic carbocycles. The molecule has 1 atom stereocenters. The molecule has 3 aromatic rings. The molecule has 204 valence electrons. The van der Waals surface area contributed by atoms with Gasteiger partial charge in [0, 0.05) is 25.6 Å². The molecule has 38 heavy (non-hydrogen) atoms. The maximum atomic E-state index is 13.4. The lowest BCUT2D eigenvalue weighted by Gasteiger charge is -2.20. The molecular weight excluding hydrogens is 480 g/mol. The molecule has 0 radical (unpaired) electrons. The first-order valence-corrected chi connectivity index (χ1v) is 13.1. The van der Waals surface area contributed by atoms with E-state index >= 15 is 0 Å². The summed E-state index contributed by atoms with van der Waals surface area (Å²) in [5.74, 6) is 1.44. The lowest BCUT2D eigenvalue weighted by molar-refractivity contribution is -0.121. The molecule has 0 aliphatic rings. The number of carbonyl (C=O) groups is 2. The van der Waals surface area contributed by atoms with Crippen molar-refractivity contribution >= 4 is 11.8 Å². The highest BCUT2D eigenvalue weighted by molar-refractivity contribution is 5.94. The van der Waals surface area contributed by atoms with Gasteiger partial charge in [-0.2, -0.15) is 5.10 Å². The molecule has 2 amide bonds. The summed E-state index contributed by atoms with van der Waals surface area (Å²) in [6, 6.07) is 16.8. The van der Waals surface area contributed by atoms with E-state index in [9.17, 15) is 9.59 Å². The maximum Gasteiger partial charge on any atom is 0.272 e. The van der Waals surface area contributed by atoms with Gasteiger partial charge in [0.2, 0.25) is 5.91 Å². The fraction of sp³-hybridized carbons (Fsp3) is 0.433. The van der Waals surface area contributed by atoms with Crippen LogP contribution in [0.25, 0.3) is 11.3 Å². The van der Waals surface area contributed by atoms with Crippen LogP contribution in [0.1, 0.15) is 56.6 Å². The van der Waals surface area contributed by atoms with E-state index < -0.39 is 0 Å². The summed E-state index contributed by atoms with van der Waals surface area (Å²) in [7, 11) is 3.21. The Labute approximate surface area is 225 Å². The predicted molar refractivity (Wildman–Crippen MR) is 149 cm³/mol. The zero-order valence-corrected chi connectivity index (χ0v) is 23.3. The monoisotopic (exact) mass is 520 g/mol. The zero-order chi connectivity index (χ0) is 27.7. The standard InChI is InChI=1S/C30H40N4O4/c1-20(2)15-23(16-28(35)31-18-22-11-8-7-9-12-22)32-30(36)24-17-25(34(33-24)19-21(3)4)29-26(37-5)13-10-14-27(29)38-6/h7-14,17,20-21,23H,15-16,18-19H2,1-6H3,(H,31,35)(H,32,36)/t23-/m0/s1.